The molecule has 0 N–H and O–H groups in total. The summed E-state index contributed by atoms with van der Waals surface area (Å²) in [7, 11) is 3.04. The van der Waals surface area contributed by atoms with Crippen LogP contribution in [-0.2, 0) is 14.1 Å². The van der Waals surface area contributed by atoms with Gasteiger partial charge in [0.15, 0.2) is 0 Å². The third-order valence-electron chi connectivity index (χ3n) is 3.51. The van der Waals surface area contributed by atoms with Gasteiger partial charge in [-0.25, -0.2) is 9.78 Å². The average molecular weight is 302 g/mol. The van der Waals surface area contributed by atoms with Gasteiger partial charge in [0.25, 0.3) is 5.56 Å². The maximum atomic E-state index is 12.5. The molecular formula is C15H12ClN3O2. The molecule has 2 heterocycles. The Bertz CT molecular complexity index is 973. The molecule has 0 saturated heterocycles. The zero-order chi connectivity index (χ0) is 15.1. The Hall–Kier alpha value is -2.40. The van der Waals surface area contributed by atoms with Crippen LogP contribution in [0.3, 0.4) is 0 Å². The molecule has 0 spiro atoms. The first kappa shape index (κ1) is 13.6. The van der Waals surface area contributed by atoms with Gasteiger partial charge in [0.2, 0.25) is 0 Å². The van der Waals surface area contributed by atoms with Crippen LogP contribution in [0.15, 0.2) is 46.1 Å². The summed E-state index contributed by atoms with van der Waals surface area (Å²) in [6.45, 7) is 0. The van der Waals surface area contributed by atoms with Gasteiger partial charge in [-0.1, -0.05) is 29.8 Å². The summed E-state index contributed by atoms with van der Waals surface area (Å²) in [5.41, 5.74) is 0.970. The van der Waals surface area contributed by atoms with Gasteiger partial charge in [0.05, 0.1) is 5.39 Å². The molecule has 0 saturated carbocycles. The Labute approximate surface area is 125 Å². The van der Waals surface area contributed by atoms with Gasteiger partial charge < -0.3 is 0 Å². The van der Waals surface area contributed by atoms with Crippen molar-refractivity contribution in [3.63, 3.8) is 0 Å². The zero-order valence-electron chi connectivity index (χ0n) is 11.5. The highest BCUT2D eigenvalue weighted by atomic mass is 35.5. The van der Waals surface area contributed by atoms with E-state index in [4.69, 9.17) is 11.6 Å². The minimum atomic E-state index is -0.406. The summed E-state index contributed by atoms with van der Waals surface area (Å²) < 4.78 is 2.43. The highest BCUT2D eigenvalue weighted by Crippen LogP contribution is 2.30. The van der Waals surface area contributed by atoms with Crippen LogP contribution in [0.5, 0.6) is 0 Å². The number of halogens is 1. The number of aromatic nitrogens is 3. The lowest BCUT2D eigenvalue weighted by atomic mass is 10.0. The lowest BCUT2D eigenvalue weighted by Crippen LogP contribution is -2.37. The molecule has 0 unspecified atom stereocenters. The Morgan fingerprint density at radius 1 is 1.00 bits per heavy atom. The van der Waals surface area contributed by atoms with E-state index < -0.39 is 5.69 Å². The first-order valence-corrected chi connectivity index (χ1v) is 6.70. The number of hydrogen-bond donors (Lipinski definition) is 0. The molecule has 0 aliphatic heterocycles. The van der Waals surface area contributed by atoms with Crippen LogP contribution in [-0.4, -0.2) is 14.1 Å². The molecule has 106 valence electrons. The highest BCUT2D eigenvalue weighted by molar-refractivity contribution is 6.33. The van der Waals surface area contributed by atoms with Crippen molar-refractivity contribution in [1.82, 2.24) is 14.1 Å². The summed E-state index contributed by atoms with van der Waals surface area (Å²) in [5.74, 6) is 0. The van der Waals surface area contributed by atoms with Crippen molar-refractivity contribution in [2.45, 2.75) is 0 Å². The van der Waals surface area contributed by atoms with Crippen molar-refractivity contribution in [3.05, 3.63) is 62.4 Å². The molecule has 21 heavy (non-hydrogen) atoms. The fourth-order valence-electron chi connectivity index (χ4n) is 2.39. The largest absolute Gasteiger partial charge is 0.332 e. The molecule has 0 bridgehead atoms. The normalized spacial score (nSPS) is 11.0. The van der Waals surface area contributed by atoms with Crippen molar-refractivity contribution in [2.24, 2.45) is 14.1 Å². The topological polar surface area (TPSA) is 56.9 Å². The van der Waals surface area contributed by atoms with Crippen LogP contribution in [0.4, 0.5) is 0 Å². The predicted molar refractivity (Wildman–Crippen MR) is 82.7 cm³/mol. The number of rotatable bonds is 1. The maximum absolute atomic E-state index is 12.5. The molecule has 0 amide bonds. The Balaban J connectivity index is 2.56. The van der Waals surface area contributed by atoms with Crippen molar-refractivity contribution in [1.29, 1.82) is 0 Å². The van der Waals surface area contributed by atoms with E-state index in [2.05, 4.69) is 4.98 Å². The third kappa shape index (κ3) is 1.97. The summed E-state index contributed by atoms with van der Waals surface area (Å²) in [6, 6.07) is 9.00. The minimum Gasteiger partial charge on any atom is -0.280 e. The molecule has 0 radical (unpaired) electrons. The quantitative estimate of drug-likeness (QED) is 0.690. The van der Waals surface area contributed by atoms with Crippen LogP contribution < -0.4 is 11.2 Å². The van der Waals surface area contributed by atoms with Crippen molar-refractivity contribution in [3.8, 4) is 11.1 Å². The van der Waals surface area contributed by atoms with Gasteiger partial charge >= 0.3 is 5.69 Å². The number of aryl methyl sites for hydroxylation is 1. The summed E-state index contributed by atoms with van der Waals surface area (Å²) in [5, 5.41) is 0.927. The smallest absolute Gasteiger partial charge is 0.280 e. The molecule has 0 atom stereocenters. The number of hydrogen-bond acceptors (Lipinski definition) is 3. The molecule has 1 aromatic carbocycles. The minimum absolute atomic E-state index is 0.348. The van der Waals surface area contributed by atoms with Crippen molar-refractivity contribution in [2.75, 3.05) is 0 Å². The van der Waals surface area contributed by atoms with E-state index in [0.29, 0.717) is 21.6 Å². The second-order valence-corrected chi connectivity index (χ2v) is 5.15. The van der Waals surface area contributed by atoms with E-state index in [1.807, 2.05) is 18.2 Å². The van der Waals surface area contributed by atoms with Crippen LogP contribution in [0.2, 0.25) is 5.02 Å². The predicted octanol–water partition coefficient (Wildman–Crippen LogP) is 1.95. The Morgan fingerprint density at radius 2 is 1.71 bits per heavy atom. The third-order valence-corrected chi connectivity index (χ3v) is 3.83. The van der Waals surface area contributed by atoms with E-state index in [1.165, 1.54) is 11.6 Å². The van der Waals surface area contributed by atoms with Crippen molar-refractivity contribution >= 4 is 22.6 Å². The van der Waals surface area contributed by atoms with Gasteiger partial charge in [-0.2, -0.15) is 0 Å². The molecule has 2 aromatic heterocycles. The summed E-state index contributed by atoms with van der Waals surface area (Å²) in [6.07, 6.45) is 1.57. The molecule has 0 aliphatic rings. The lowest BCUT2D eigenvalue weighted by Gasteiger charge is -2.11. The van der Waals surface area contributed by atoms with E-state index in [0.717, 1.165) is 10.1 Å². The van der Waals surface area contributed by atoms with Crippen LogP contribution in [0.1, 0.15) is 0 Å². The molecular weight excluding hydrogens is 290 g/mol. The van der Waals surface area contributed by atoms with Gasteiger partial charge in [-0.05, 0) is 12.1 Å². The molecule has 3 rings (SSSR count). The summed E-state index contributed by atoms with van der Waals surface area (Å²) in [4.78, 5) is 28.6. The van der Waals surface area contributed by atoms with Gasteiger partial charge in [-0.3, -0.25) is 13.9 Å². The SMILES string of the molecule is Cn1c(=O)c2c(-c3ccccc3Cl)ccnc2n(C)c1=O. The van der Waals surface area contributed by atoms with Gasteiger partial charge in [-0.15, -0.1) is 0 Å². The Kier molecular flexibility index (Phi) is 3.14. The maximum Gasteiger partial charge on any atom is 0.332 e. The number of pyridine rings is 1. The number of fused-ring (bicyclic) bond motifs is 1. The van der Waals surface area contributed by atoms with E-state index in [-0.39, 0.29) is 5.56 Å². The second kappa shape index (κ2) is 4.86. The first-order chi connectivity index (χ1) is 10.0. The van der Waals surface area contributed by atoms with E-state index in [1.54, 1.807) is 25.4 Å². The second-order valence-electron chi connectivity index (χ2n) is 4.74. The zero-order valence-corrected chi connectivity index (χ0v) is 12.3. The standard InChI is InChI=1S/C15H12ClN3O2/c1-18-13-12(14(20)19(2)15(18)21)10(7-8-17-13)9-5-3-4-6-11(9)16/h3-8H,1-2H3. The fraction of sp³-hybridized carbons (Fsp3) is 0.133. The molecule has 6 heteroatoms. The highest BCUT2D eigenvalue weighted by Gasteiger charge is 2.15. The van der Waals surface area contributed by atoms with E-state index in [9.17, 15) is 9.59 Å². The van der Waals surface area contributed by atoms with Crippen LogP contribution in [0.25, 0.3) is 22.2 Å². The fourth-order valence-corrected chi connectivity index (χ4v) is 2.63. The first-order valence-electron chi connectivity index (χ1n) is 6.32. The lowest BCUT2D eigenvalue weighted by molar-refractivity contribution is 0.708. The molecule has 5 nitrogen and oxygen atoms in total. The van der Waals surface area contributed by atoms with Crippen LogP contribution in [0, 0.1) is 0 Å². The molecule has 0 fully saturated rings. The monoisotopic (exact) mass is 301 g/mol. The number of nitrogens with zero attached hydrogens (tertiary/aromatic N) is 3. The van der Waals surface area contributed by atoms with Gasteiger partial charge in [0.1, 0.15) is 5.65 Å². The van der Waals surface area contributed by atoms with Crippen molar-refractivity contribution < 1.29 is 0 Å². The number of benzene rings is 1. The van der Waals surface area contributed by atoms with E-state index >= 15 is 0 Å². The summed E-state index contributed by atoms with van der Waals surface area (Å²) >= 11 is 6.22. The average Bonchev–Trinajstić information content (AvgIpc) is 2.50. The van der Waals surface area contributed by atoms with Gasteiger partial charge in [0, 0.05) is 36.4 Å². The molecule has 3 aromatic rings. The van der Waals surface area contributed by atoms with Crippen LogP contribution >= 0.6 is 11.6 Å². The Morgan fingerprint density at radius 3 is 2.43 bits per heavy atom. The molecule has 0 aliphatic carbocycles.